The molecule has 1 aromatic heterocycles. The SMILES string of the molecule is CN1CCC2(CC1)CN(C(=O)c1cc(=O)[nH]c(=O)[nH]1)CCCN2C. The minimum absolute atomic E-state index is 0.0276. The molecule has 0 aromatic carbocycles. The Kier molecular flexibility index (Phi) is 4.60. The Morgan fingerprint density at radius 1 is 1.08 bits per heavy atom. The van der Waals surface area contributed by atoms with Crippen LogP contribution in [0.4, 0.5) is 0 Å². The quantitative estimate of drug-likeness (QED) is 0.708. The van der Waals surface area contributed by atoms with Crippen molar-refractivity contribution < 1.29 is 4.79 Å². The van der Waals surface area contributed by atoms with E-state index >= 15 is 0 Å². The highest BCUT2D eigenvalue weighted by Gasteiger charge is 2.41. The molecule has 1 spiro atoms. The van der Waals surface area contributed by atoms with Gasteiger partial charge in [-0.1, -0.05) is 0 Å². The summed E-state index contributed by atoms with van der Waals surface area (Å²) in [7, 11) is 4.25. The average Bonchev–Trinajstić information content (AvgIpc) is 2.69. The van der Waals surface area contributed by atoms with Crippen molar-refractivity contribution in [1.82, 2.24) is 24.7 Å². The second kappa shape index (κ2) is 6.52. The number of hydrogen-bond acceptors (Lipinski definition) is 5. The van der Waals surface area contributed by atoms with Crippen LogP contribution in [0.5, 0.6) is 0 Å². The lowest BCUT2D eigenvalue weighted by atomic mass is 9.85. The topological polar surface area (TPSA) is 92.5 Å². The van der Waals surface area contributed by atoms with Gasteiger partial charge in [0.15, 0.2) is 0 Å². The smallest absolute Gasteiger partial charge is 0.326 e. The van der Waals surface area contributed by atoms with Crippen LogP contribution in [0.2, 0.25) is 0 Å². The summed E-state index contributed by atoms with van der Waals surface area (Å²) in [6.45, 7) is 4.22. The molecule has 0 unspecified atom stereocenters. The number of aromatic amines is 2. The van der Waals surface area contributed by atoms with Gasteiger partial charge in [0, 0.05) is 31.2 Å². The highest BCUT2D eigenvalue weighted by Crippen LogP contribution is 2.31. The molecule has 132 valence electrons. The molecule has 24 heavy (non-hydrogen) atoms. The van der Waals surface area contributed by atoms with Crippen molar-refractivity contribution in [3.05, 3.63) is 32.6 Å². The fourth-order valence-electron chi connectivity index (χ4n) is 3.79. The van der Waals surface area contributed by atoms with Crippen LogP contribution in [0.1, 0.15) is 29.8 Å². The molecule has 2 aliphatic heterocycles. The summed E-state index contributed by atoms with van der Waals surface area (Å²) in [6, 6.07) is 1.17. The van der Waals surface area contributed by atoms with E-state index in [2.05, 4.69) is 33.9 Å². The first-order valence-corrected chi connectivity index (χ1v) is 8.42. The second-order valence-corrected chi connectivity index (χ2v) is 7.03. The van der Waals surface area contributed by atoms with Gasteiger partial charge in [-0.25, -0.2) is 4.79 Å². The number of carbonyl (C=O) groups excluding carboxylic acids is 1. The fraction of sp³-hybridized carbons (Fsp3) is 0.688. The van der Waals surface area contributed by atoms with E-state index in [0.717, 1.165) is 38.9 Å². The van der Waals surface area contributed by atoms with Crippen molar-refractivity contribution in [2.45, 2.75) is 24.8 Å². The number of likely N-dealkylation sites (tertiary alicyclic amines) is 1. The Morgan fingerprint density at radius 2 is 1.79 bits per heavy atom. The molecule has 2 aliphatic rings. The lowest BCUT2D eigenvalue weighted by molar-refractivity contribution is 0.0314. The molecular formula is C16H25N5O3. The molecule has 0 saturated carbocycles. The van der Waals surface area contributed by atoms with Gasteiger partial charge >= 0.3 is 5.69 Å². The van der Waals surface area contributed by atoms with Gasteiger partial charge in [-0.3, -0.25) is 19.5 Å². The molecule has 0 aliphatic carbocycles. The molecule has 3 heterocycles. The number of amides is 1. The van der Waals surface area contributed by atoms with E-state index in [0.29, 0.717) is 13.1 Å². The summed E-state index contributed by atoms with van der Waals surface area (Å²) in [6.07, 6.45) is 2.90. The summed E-state index contributed by atoms with van der Waals surface area (Å²) in [5, 5.41) is 0. The predicted octanol–water partition coefficient (Wildman–Crippen LogP) is -0.695. The fourth-order valence-corrected chi connectivity index (χ4v) is 3.79. The highest BCUT2D eigenvalue weighted by molar-refractivity contribution is 5.92. The molecule has 2 fully saturated rings. The Hall–Kier alpha value is -1.93. The summed E-state index contributed by atoms with van der Waals surface area (Å²) >= 11 is 0. The molecule has 8 nitrogen and oxygen atoms in total. The van der Waals surface area contributed by atoms with Crippen LogP contribution in [0.25, 0.3) is 0 Å². The summed E-state index contributed by atoms with van der Waals surface area (Å²) in [5.74, 6) is -0.271. The molecule has 3 rings (SSSR count). The molecule has 0 atom stereocenters. The molecule has 1 aromatic rings. The van der Waals surface area contributed by atoms with Gasteiger partial charge in [0.25, 0.3) is 11.5 Å². The third-order valence-electron chi connectivity index (χ3n) is 5.41. The number of nitrogens with zero attached hydrogens (tertiary/aromatic N) is 3. The normalized spacial score (nSPS) is 22.5. The van der Waals surface area contributed by atoms with Crippen molar-refractivity contribution in [3.8, 4) is 0 Å². The Morgan fingerprint density at radius 3 is 2.46 bits per heavy atom. The maximum Gasteiger partial charge on any atom is 0.326 e. The maximum absolute atomic E-state index is 12.8. The highest BCUT2D eigenvalue weighted by atomic mass is 16.2. The van der Waals surface area contributed by atoms with Crippen LogP contribution < -0.4 is 11.2 Å². The van der Waals surface area contributed by atoms with E-state index < -0.39 is 11.2 Å². The van der Waals surface area contributed by atoms with E-state index in [1.165, 1.54) is 6.07 Å². The number of carbonyl (C=O) groups is 1. The molecule has 8 heteroatoms. The molecule has 0 radical (unpaired) electrons. The Labute approximate surface area is 140 Å². The molecular weight excluding hydrogens is 310 g/mol. The number of hydrogen-bond donors (Lipinski definition) is 2. The minimum Gasteiger partial charge on any atom is -0.335 e. The summed E-state index contributed by atoms with van der Waals surface area (Å²) in [5.41, 5.74) is -1.16. The van der Waals surface area contributed by atoms with Gasteiger partial charge in [-0.05, 0) is 46.4 Å². The van der Waals surface area contributed by atoms with E-state index in [4.69, 9.17) is 0 Å². The van der Waals surface area contributed by atoms with E-state index in [1.54, 1.807) is 4.90 Å². The summed E-state index contributed by atoms with van der Waals surface area (Å²) < 4.78 is 0. The van der Waals surface area contributed by atoms with Gasteiger partial charge < -0.3 is 14.8 Å². The number of H-pyrrole nitrogens is 2. The molecule has 1 amide bonds. The van der Waals surface area contributed by atoms with Crippen LogP contribution in [0.3, 0.4) is 0 Å². The number of rotatable bonds is 1. The first kappa shape index (κ1) is 16.9. The number of piperidine rings is 1. The molecule has 2 saturated heterocycles. The number of likely N-dealkylation sites (N-methyl/N-ethyl adjacent to an activating group) is 1. The lowest BCUT2D eigenvalue weighted by Gasteiger charge is -2.47. The standard InChI is InChI=1S/C16H25N5O3/c1-19-8-4-16(5-9-19)11-21(7-3-6-20(16)2)14(23)12-10-13(22)18-15(24)17-12/h10H,3-9,11H2,1-2H3,(H2,17,18,22,24). The lowest BCUT2D eigenvalue weighted by Crippen LogP contribution is -2.58. The minimum atomic E-state index is -0.646. The largest absolute Gasteiger partial charge is 0.335 e. The van der Waals surface area contributed by atoms with Gasteiger partial charge in [0.2, 0.25) is 0 Å². The van der Waals surface area contributed by atoms with Gasteiger partial charge in [-0.2, -0.15) is 0 Å². The first-order valence-electron chi connectivity index (χ1n) is 8.42. The van der Waals surface area contributed by atoms with Gasteiger partial charge in [0.1, 0.15) is 5.69 Å². The zero-order valence-electron chi connectivity index (χ0n) is 14.3. The van der Waals surface area contributed by atoms with E-state index in [9.17, 15) is 14.4 Å². The van der Waals surface area contributed by atoms with E-state index in [1.807, 2.05) is 0 Å². The zero-order valence-corrected chi connectivity index (χ0v) is 14.3. The van der Waals surface area contributed by atoms with Crippen molar-refractivity contribution in [3.63, 3.8) is 0 Å². The van der Waals surface area contributed by atoms with Crippen molar-refractivity contribution in [2.24, 2.45) is 0 Å². The maximum atomic E-state index is 12.8. The first-order chi connectivity index (χ1) is 11.4. The van der Waals surface area contributed by atoms with Crippen LogP contribution >= 0.6 is 0 Å². The summed E-state index contributed by atoms with van der Waals surface area (Å²) in [4.78, 5) is 46.8. The van der Waals surface area contributed by atoms with Crippen LogP contribution in [0, 0.1) is 0 Å². The van der Waals surface area contributed by atoms with Crippen LogP contribution in [-0.4, -0.2) is 82.9 Å². The van der Waals surface area contributed by atoms with Crippen molar-refractivity contribution in [1.29, 1.82) is 0 Å². The third kappa shape index (κ3) is 3.29. The van der Waals surface area contributed by atoms with Crippen molar-refractivity contribution >= 4 is 5.91 Å². The third-order valence-corrected chi connectivity index (χ3v) is 5.41. The molecule has 0 bridgehead atoms. The number of nitrogens with one attached hydrogen (secondary N) is 2. The second-order valence-electron chi connectivity index (χ2n) is 7.03. The predicted molar refractivity (Wildman–Crippen MR) is 90.3 cm³/mol. The average molecular weight is 335 g/mol. The van der Waals surface area contributed by atoms with E-state index in [-0.39, 0.29) is 17.1 Å². The molecule has 2 N–H and O–H groups in total. The van der Waals surface area contributed by atoms with Crippen LogP contribution in [0.15, 0.2) is 15.7 Å². The Bertz CT molecular complexity index is 689. The Balaban J connectivity index is 1.86. The van der Waals surface area contributed by atoms with Crippen LogP contribution in [-0.2, 0) is 0 Å². The zero-order chi connectivity index (χ0) is 17.3. The van der Waals surface area contributed by atoms with Crippen molar-refractivity contribution in [2.75, 3.05) is 46.8 Å². The monoisotopic (exact) mass is 335 g/mol. The van der Waals surface area contributed by atoms with Gasteiger partial charge in [-0.15, -0.1) is 0 Å². The van der Waals surface area contributed by atoms with Gasteiger partial charge in [0.05, 0.1) is 0 Å². The number of aromatic nitrogens is 2.